The molecule has 6 heteroatoms. The first-order valence-electron chi connectivity index (χ1n) is 5.86. The molecule has 2 aliphatic rings. The highest BCUT2D eigenvalue weighted by Crippen LogP contribution is 2.21. The van der Waals surface area contributed by atoms with Gasteiger partial charge in [0.25, 0.3) is 0 Å². The maximum Gasteiger partial charge on any atom is 0.323 e. The van der Waals surface area contributed by atoms with Crippen molar-refractivity contribution < 1.29 is 19.5 Å². The van der Waals surface area contributed by atoms with Crippen LogP contribution in [0.2, 0.25) is 0 Å². The van der Waals surface area contributed by atoms with Gasteiger partial charge in [0, 0.05) is 26.1 Å². The van der Waals surface area contributed by atoms with Gasteiger partial charge in [0.1, 0.15) is 6.54 Å². The first-order valence-corrected chi connectivity index (χ1v) is 5.86. The molecule has 1 unspecified atom stereocenters. The third-order valence-corrected chi connectivity index (χ3v) is 3.31. The zero-order valence-electron chi connectivity index (χ0n) is 9.59. The summed E-state index contributed by atoms with van der Waals surface area (Å²) < 4.78 is 0. The Morgan fingerprint density at radius 3 is 2.53 bits per heavy atom. The summed E-state index contributed by atoms with van der Waals surface area (Å²) >= 11 is 0. The van der Waals surface area contributed by atoms with E-state index in [1.54, 1.807) is 4.90 Å². The van der Waals surface area contributed by atoms with Crippen molar-refractivity contribution in [3.8, 4) is 0 Å². The summed E-state index contributed by atoms with van der Waals surface area (Å²) in [4.78, 5) is 37.1. The zero-order valence-corrected chi connectivity index (χ0v) is 9.59. The van der Waals surface area contributed by atoms with Gasteiger partial charge in [-0.2, -0.15) is 0 Å². The SMILES string of the molecule is O=C(O)CN1CC(C(=O)N2CCCC2)CC1=O. The van der Waals surface area contributed by atoms with Crippen LogP contribution in [-0.2, 0) is 14.4 Å². The Kier molecular flexibility index (Phi) is 3.31. The van der Waals surface area contributed by atoms with Gasteiger partial charge < -0.3 is 14.9 Å². The van der Waals surface area contributed by atoms with Gasteiger partial charge in [-0.25, -0.2) is 0 Å². The Bertz CT molecular complexity index is 349. The van der Waals surface area contributed by atoms with Gasteiger partial charge in [0.15, 0.2) is 0 Å². The summed E-state index contributed by atoms with van der Waals surface area (Å²) in [5.74, 6) is -1.61. The first-order chi connectivity index (χ1) is 8.08. The number of likely N-dealkylation sites (tertiary alicyclic amines) is 2. The number of rotatable bonds is 3. The Morgan fingerprint density at radius 2 is 1.94 bits per heavy atom. The van der Waals surface area contributed by atoms with E-state index in [4.69, 9.17) is 5.11 Å². The van der Waals surface area contributed by atoms with Gasteiger partial charge in [-0.15, -0.1) is 0 Å². The van der Waals surface area contributed by atoms with Crippen molar-refractivity contribution in [1.82, 2.24) is 9.80 Å². The maximum atomic E-state index is 12.0. The van der Waals surface area contributed by atoms with Crippen LogP contribution in [0.1, 0.15) is 19.3 Å². The second-order valence-electron chi connectivity index (χ2n) is 4.60. The molecule has 0 radical (unpaired) electrons. The number of aliphatic carboxylic acids is 1. The van der Waals surface area contributed by atoms with E-state index < -0.39 is 5.97 Å². The molecule has 2 heterocycles. The fourth-order valence-electron chi connectivity index (χ4n) is 2.45. The second-order valence-corrected chi connectivity index (χ2v) is 4.60. The van der Waals surface area contributed by atoms with Crippen LogP contribution in [0, 0.1) is 5.92 Å². The predicted octanol–water partition coefficient (Wildman–Crippen LogP) is -0.458. The van der Waals surface area contributed by atoms with E-state index >= 15 is 0 Å². The van der Waals surface area contributed by atoms with E-state index in [-0.39, 0.29) is 37.2 Å². The van der Waals surface area contributed by atoms with Crippen molar-refractivity contribution >= 4 is 17.8 Å². The molecule has 0 bridgehead atoms. The summed E-state index contributed by atoms with van der Waals surface area (Å²) in [5.41, 5.74) is 0. The molecule has 6 nitrogen and oxygen atoms in total. The molecule has 0 saturated carbocycles. The highest BCUT2D eigenvalue weighted by Gasteiger charge is 2.37. The molecule has 0 aromatic carbocycles. The number of hydrogen-bond acceptors (Lipinski definition) is 3. The highest BCUT2D eigenvalue weighted by molar-refractivity contribution is 5.90. The quantitative estimate of drug-likeness (QED) is 0.724. The lowest BCUT2D eigenvalue weighted by atomic mass is 10.1. The molecule has 2 rings (SSSR count). The van der Waals surface area contributed by atoms with Crippen molar-refractivity contribution in [3.05, 3.63) is 0 Å². The maximum absolute atomic E-state index is 12.0. The molecule has 0 aromatic heterocycles. The molecule has 1 atom stereocenters. The molecule has 0 spiro atoms. The summed E-state index contributed by atoms with van der Waals surface area (Å²) in [7, 11) is 0. The van der Waals surface area contributed by atoms with Gasteiger partial charge in [-0.05, 0) is 12.8 Å². The molecular weight excluding hydrogens is 224 g/mol. The number of carbonyl (C=O) groups excluding carboxylic acids is 2. The van der Waals surface area contributed by atoms with Gasteiger partial charge in [0.05, 0.1) is 5.92 Å². The van der Waals surface area contributed by atoms with Crippen molar-refractivity contribution in [2.75, 3.05) is 26.2 Å². The topological polar surface area (TPSA) is 77.9 Å². The lowest BCUT2D eigenvalue weighted by molar-refractivity contribution is -0.142. The minimum absolute atomic E-state index is 0.00346. The molecule has 2 amide bonds. The third-order valence-electron chi connectivity index (χ3n) is 3.31. The van der Waals surface area contributed by atoms with Crippen molar-refractivity contribution in [1.29, 1.82) is 0 Å². The van der Waals surface area contributed by atoms with E-state index in [1.165, 1.54) is 4.90 Å². The third kappa shape index (κ3) is 2.57. The predicted molar refractivity (Wildman–Crippen MR) is 58.1 cm³/mol. The second kappa shape index (κ2) is 4.73. The molecule has 2 saturated heterocycles. The number of carboxylic acids is 1. The number of hydrogen-bond donors (Lipinski definition) is 1. The van der Waals surface area contributed by atoms with Crippen LogP contribution in [0.25, 0.3) is 0 Å². The smallest absolute Gasteiger partial charge is 0.323 e. The van der Waals surface area contributed by atoms with E-state index in [0.717, 1.165) is 25.9 Å². The van der Waals surface area contributed by atoms with Gasteiger partial charge in [-0.3, -0.25) is 14.4 Å². The van der Waals surface area contributed by atoms with Crippen LogP contribution < -0.4 is 0 Å². The molecule has 17 heavy (non-hydrogen) atoms. The van der Waals surface area contributed by atoms with Crippen molar-refractivity contribution in [2.24, 2.45) is 5.92 Å². The number of carboxylic acid groups (broad SMARTS) is 1. The number of carbonyl (C=O) groups is 3. The number of nitrogens with zero attached hydrogens (tertiary/aromatic N) is 2. The Morgan fingerprint density at radius 1 is 1.29 bits per heavy atom. The average Bonchev–Trinajstić information content (AvgIpc) is 2.87. The minimum atomic E-state index is -1.03. The Hall–Kier alpha value is -1.59. The van der Waals surface area contributed by atoms with Crippen molar-refractivity contribution in [2.45, 2.75) is 19.3 Å². The summed E-state index contributed by atoms with van der Waals surface area (Å²) in [6.45, 7) is 1.48. The lowest BCUT2D eigenvalue weighted by Crippen LogP contribution is -2.36. The summed E-state index contributed by atoms with van der Waals surface area (Å²) in [6.07, 6.45) is 2.19. The van der Waals surface area contributed by atoms with Crippen LogP contribution in [0.15, 0.2) is 0 Å². The fourth-order valence-corrected chi connectivity index (χ4v) is 2.45. The summed E-state index contributed by atoms with van der Waals surface area (Å²) in [5, 5.41) is 8.64. The number of amides is 2. The normalized spacial score (nSPS) is 24.5. The molecule has 0 aliphatic carbocycles. The molecule has 2 aliphatic heterocycles. The van der Waals surface area contributed by atoms with E-state index in [9.17, 15) is 14.4 Å². The summed E-state index contributed by atoms with van der Waals surface area (Å²) in [6, 6.07) is 0. The van der Waals surface area contributed by atoms with E-state index in [2.05, 4.69) is 0 Å². The standard InChI is InChI=1S/C11H16N2O4/c14-9-5-8(6-13(9)7-10(15)16)11(17)12-3-1-2-4-12/h8H,1-7H2,(H,15,16). The minimum Gasteiger partial charge on any atom is -0.480 e. The van der Waals surface area contributed by atoms with E-state index in [0.29, 0.717) is 0 Å². The first kappa shape index (κ1) is 11.9. The molecule has 2 fully saturated rings. The molecule has 94 valence electrons. The van der Waals surface area contributed by atoms with Crippen molar-refractivity contribution in [3.63, 3.8) is 0 Å². The van der Waals surface area contributed by atoms with E-state index in [1.807, 2.05) is 0 Å². The van der Waals surface area contributed by atoms with Crippen LogP contribution >= 0.6 is 0 Å². The monoisotopic (exact) mass is 240 g/mol. The molecular formula is C11H16N2O4. The Labute approximate surface area is 99.2 Å². The van der Waals surface area contributed by atoms with Gasteiger partial charge in [-0.1, -0.05) is 0 Å². The van der Waals surface area contributed by atoms with Gasteiger partial charge >= 0.3 is 5.97 Å². The Balaban J connectivity index is 1.93. The lowest BCUT2D eigenvalue weighted by Gasteiger charge is -2.19. The molecule has 0 aromatic rings. The average molecular weight is 240 g/mol. The van der Waals surface area contributed by atoms with Crippen LogP contribution in [0.5, 0.6) is 0 Å². The van der Waals surface area contributed by atoms with Gasteiger partial charge in [0.2, 0.25) is 11.8 Å². The van der Waals surface area contributed by atoms with Crippen LogP contribution in [0.4, 0.5) is 0 Å². The van der Waals surface area contributed by atoms with Crippen LogP contribution in [-0.4, -0.2) is 58.9 Å². The fraction of sp³-hybridized carbons (Fsp3) is 0.727. The largest absolute Gasteiger partial charge is 0.480 e. The zero-order chi connectivity index (χ0) is 12.4. The highest BCUT2D eigenvalue weighted by atomic mass is 16.4. The molecule has 1 N–H and O–H groups in total. The van der Waals surface area contributed by atoms with Crippen LogP contribution in [0.3, 0.4) is 0 Å².